The van der Waals surface area contributed by atoms with Crippen molar-refractivity contribution in [1.29, 1.82) is 0 Å². The van der Waals surface area contributed by atoms with Crippen molar-refractivity contribution in [2.24, 2.45) is 5.73 Å². The van der Waals surface area contributed by atoms with Gasteiger partial charge in [-0.25, -0.2) is 4.79 Å². The fourth-order valence-electron chi connectivity index (χ4n) is 2.44. The number of amides is 3. The Morgan fingerprint density at radius 2 is 1.68 bits per heavy atom. The fraction of sp³-hybridized carbons (Fsp3) is 0.714. The highest BCUT2D eigenvalue weighted by molar-refractivity contribution is 5.94. The van der Waals surface area contributed by atoms with Crippen LogP contribution in [-0.4, -0.2) is 87.8 Å². The van der Waals surface area contributed by atoms with E-state index in [-0.39, 0.29) is 13.0 Å². The topological polar surface area (TPSA) is 182 Å². The summed E-state index contributed by atoms with van der Waals surface area (Å²) in [6.45, 7) is 0.0963. The summed E-state index contributed by atoms with van der Waals surface area (Å²) in [5.74, 6) is -3.47. The molecule has 1 aliphatic heterocycles. The number of carbonyl (C=O) groups is 4. The summed E-state index contributed by atoms with van der Waals surface area (Å²) in [6, 6.07) is -4.65. The Bertz CT molecular complexity index is 525. The van der Waals surface area contributed by atoms with Gasteiger partial charge in [-0.2, -0.15) is 0 Å². The van der Waals surface area contributed by atoms with Gasteiger partial charge in [0.15, 0.2) is 0 Å². The molecule has 1 heterocycles. The van der Waals surface area contributed by atoms with Crippen molar-refractivity contribution in [3.05, 3.63) is 0 Å². The van der Waals surface area contributed by atoms with Crippen LogP contribution < -0.4 is 16.4 Å². The highest BCUT2D eigenvalue weighted by atomic mass is 16.4. The van der Waals surface area contributed by atoms with E-state index in [4.69, 9.17) is 10.8 Å². The number of aliphatic carboxylic acids is 1. The molecule has 142 valence electrons. The molecule has 4 atom stereocenters. The monoisotopic (exact) mass is 360 g/mol. The molecular weight excluding hydrogens is 336 g/mol. The van der Waals surface area contributed by atoms with Gasteiger partial charge >= 0.3 is 5.97 Å². The maximum Gasteiger partial charge on any atom is 0.326 e. The van der Waals surface area contributed by atoms with E-state index in [1.807, 2.05) is 0 Å². The van der Waals surface area contributed by atoms with Gasteiger partial charge in [0.1, 0.15) is 18.1 Å². The minimum Gasteiger partial charge on any atom is -0.480 e. The van der Waals surface area contributed by atoms with Gasteiger partial charge in [0.25, 0.3) is 0 Å². The Labute approximate surface area is 144 Å². The van der Waals surface area contributed by atoms with E-state index in [1.54, 1.807) is 0 Å². The summed E-state index contributed by atoms with van der Waals surface area (Å²) in [6.07, 6.45) is 0.787. The standard InChI is InChI=1S/C14H24N4O7/c1-7(15)11(21)16-8(5-19)12(22)17-9(6-20)13(23)18-4-2-3-10(18)14(24)25/h7-10,19-20H,2-6,15H2,1H3,(H,16,21)(H,17,22)(H,24,25)/t7-,8-,9-,10-/m0/s1. The molecule has 0 aliphatic carbocycles. The second-order valence-corrected chi connectivity index (χ2v) is 5.80. The second kappa shape index (κ2) is 9.30. The number of nitrogens with two attached hydrogens (primary N) is 1. The number of aliphatic hydroxyl groups excluding tert-OH is 2. The molecule has 0 unspecified atom stereocenters. The van der Waals surface area contributed by atoms with Crippen LogP contribution in [0.25, 0.3) is 0 Å². The van der Waals surface area contributed by atoms with Crippen molar-refractivity contribution in [1.82, 2.24) is 15.5 Å². The van der Waals surface area contributed by atoms with Crippen LogP contribution in [0.1, 0.15) is 19.8 Å². The minimum absolute atomic E-state index is 0.201. The molecule has 25 heavy (non-hydrogen) atoms. The largest absolute Gasteiger partial charge is 0.480 e. The van der Waals surface area contributed by atoms with Crippen LogP contribution in [0.2, 0.25) is 0 Å². The third-order valence-corrected chi connectivity index (χ3v) is 3.85. The average Bonchev–Trinajstić information content (AvgIpc) is 3.06. The zero-order valence-corrected chi connectivity index (χ0v) is 13.8. The molecule has 0 radical (unpaired) electrons. The number of carboxylic acids is 1. The lowest BCUT2D eigenvalue weighted by Gasteiger charge is -2.27. The normalized spacial score (nSPS) is 20.5. The first kappa shape index (κ1) is 20.8. The summed E-state index contributed by atoms with van der Waals surface area (Å²) in [5, 5.41) is 32.1. The molecule has 0 bridgehead atoms. The van der Waals surface area contributed by atoms with E-state index in [9.17, 15) is 29.4 Å². The highest BCUT2D eigenvalue weighted by Crippen LogP contribution is 2.18. The van der Waals surface area contributed by atoms with Crippen LogP contribution in [0.5, 0.6) is 0 Å². The van der Waals surface area contributed by atoms with E-state index in [2.05, 4.69) is 10.6 Å². The predicted molar refractivity (Wildman–Crippen MR) is 84.1 cm³/mol. The third kappa shape index (κ3) is 5.37. The average molecular weight is 360 g/mol. The van der Waals surface area contributed by atoms with Crippen molar-refractivity contribution in [2.75, 3.05) is 19.8 Å². The SMILES string of the molecule is C[C@H](N)C(=O)N[C@@H](CO)C(=O)N[C@@H](CO)C(=O)N1CCC[C@H]1C(=O)O. The lowest BCUT2D eigenvalue weighted by atomic mass is 10.2. The molecule has 1 rings (SSSR count). The molecule has 0 aromatic rings. The minimum atomic E-state index is -1.38. The van der Waals surface area contributed by atoms with Crippen molar-refractivity contribution in [3.8, 4) is 0 Å². The molecule has 0 aromatic heterocycles. The van der Waals surface area contributed by atoms with E-state index in [1.165, 1.54) is 6.92 Å². The number of nitrogens with zero attached hydrogens (tertiary/aromatic N) is 1. The molecule has 0 saturated carbocycles. The maximum atomic E-state index is 12.4. The predicted octanol–water partition coefficient (Wildman–Crippen LogP) is -3.64. The molecule has 1 saturated heterocycles. The summed E-state index contributed by atoms with van der Waals surface area (Å²) in [7, 11) is 0. The van der Waals surface area contributed by atoms with Gasteiger partial charge < -0.3 is 36.6 Å². The van der Waals surface area contributed by atoms with E-state index >= 15 is 0 Å². The first-order valence-corrected chi connectivity index (χ1v) is 7.84. The molecule has 11 nitrogen and oxygen atoms in total. The Hall–Kier alpha value is -2.24. The van der Waals surface area contributed by atoms with Crippen LogP contribution >= 0.6 is 0 Å². The van der Waals surface area contributed by atoms with Crippen LogP contribution in [-0.2, 0) is 19.2 Å². The van der Waals surface area contributed by atoms with Gasteiger partial charge in [-0.3, -0.25) is 14.4 Å². The van der Waals surface area contributed by atoms with Crippen LogP contribution in [0.4, 0.5) is 0 Å². The molecule has 0 aromatic carbocycles. The smallest absolute Gasteiger partial charge is 0.326 e. The van der Waals surface area contributed by atoms with Gasteiger partial charge in [-0.15, -0.1) is 0 Å². The van der Waals surface area contributed by atoms with Crippen molar-refractivity contribution < 1.29 is 34.5 Å². The zero-order chi connectivity index (χ0) is 19.1. The summed E-state index contributed by atoms with van der Waals surface area (Å²) < 4.78 is 0. The highest BCUT2D eigenvalue weighted by Gasteiger charge is 2.38. The number of hydrogen-bond donors (Lipinski definition) is 6. The van der Waals surface area contributed by atoms with Crippen LogP contribution in [0.15, 0.2) is 0 Å². The van der Waals surface area contributed by atoms with Crippen molar-refractivity contribution in [2.45, 2.75) is 43.9 Å². The molecule has 7 N–H and O–H groups in total. The summed E-state index contributed by atoms with van der Waals surface area (Å²) in [4.78, 5) is 48.2. The number of nitrogens with one attached hydrogen (secondary N) is 2. The van der Waals surface area contributed by atoms with Gasteiger partial charge in [0.05, 0.1) is 19.3 Å². The first-order valence-electron chi connectivity index (χ1n) is 7.84. The molecular formula is C14H24N4O7. The lowest BCUT2D eigenvalue weighted by Crippen LogP contribution is -2.58. The third-order valence-electron chi connectivity index (χ3n) is 3.85. The second-order valence-electron chi connectivity index (χ2n) is 5.80. The summed E-state index contributed by atoms with van der Waals surface area (Å²) in [5.41, 5.74) is 5.36. The number of carbonyl (C=O) groups excluding carboxylic acids is 3. The lowest BCUT2D eigenvalue weighted by molar-refractivity contribution is -0.150. The van der Waals surface area contributed by atoms with Gasteiger partial charge in [-0.1, -0.05) is 0 Å². The number of aliphatic hydroxyl groups is 2. The number of rotatable bonds is 8. The quantitative estimate of drug-likeness (QED) is 0.256. The number of likely N-dealkylation sites (tertiary alicyclic amines) is 1. The maximum absolute atomic E-state index is 12.4. The van der Waals surface area contributed by atoms with E-state index < -0.39 is 61.1 Å². The Balaban J connectivity index is 2.76. The molecule has 11 heteroatoms. The van der Waals surface area contributed by atoms with Crippen LogP contribution in [0, 0.1) is 0 Å². The Morgan fingerprint density at radius 3 is 2.16 bits per heavy atom. The molecule has 3 amide bonds. The van der Waals surface area contributed by atoms with Gasteiger partial charge in [0, 0.05) is 6.54 Å². The fourth-order valence-corrected chi connectivity index (χ4v) is 2.44. The molecule has 1 aliphatic rings. The molecule has 1 fully saturated rings. The van der Waals surface area contributed by atoms with Gasteiger partial charge in [-0.05, 0) is 19.8 Å². The number of carboxylic acid groups (broad SMARTS) is 1. The van der Waals surface area contributed by atoms with Crippen molar-refractivity contribution in [3.63, 3.8) is 0 Å². The molecule has 0 spiro atoms. The number of hydrogen-bond acceptors (Lipinski definition) is 7. The van der Waals surface area contributed by atoms with Crippen LogP contribution in [0.3, 0.4) is 0 Å². The van der Waals surface area contributed by atoms with Gasteiger partial charge in [0.2, 0.25) is 17.7 Å². The summed E-state index contributed by atoms with van der Waals surface area (Å²) >= 11 is 0. The Morgan fingerprint density at radius 1 is 1.12 bits per heavy atom. The van der Waals surface area contributed by atoms with Crippen molar-refractivity contribution >= 4 is 23.7 Å². The zero-order valence-electron chi connectivity index (χ0n) is 13.8. The van der Waals surface area contributed by atoms with E-state index in [0.29, 0.717) is 6.42 Å². The first-order chi connectivity index (χ1) is 11.7. The van der Waals surface area contributed by atoms with E-state index in [0.717, 1.165) is 4.90 Å². The Kier molecular flexibility index (Phi) is 7.74.